The lowest BCUT2D eigenvalue weighted by atomic mass is 9.91. The molecule has 0 aromatic heterocycles. The molecule has 15 heavy (non-hydrogen) atoms. The van der Waals surface area contributed by atoms with E-state index in [1.807, 2.05) is 0 Å². The topological polar surface area (TPSA) is 15.3 Å². The van der Waals surface area contributed by atoms with Crippen molar-refractivity contribution in [2.24, 2.45) is 0 Å². The zero-order valence-electron chi connectivity index (χ0n) is 9.71. The summed E-state index contributed by atoms with van der Waals surface area (Å²) in [5, 5.41) is 3.12. The average molecular weight is 214 g/mol. The maximum absolute atomic E-state index is 13.7. The highest BCUT2D eigenvalue weighted by molar-refractivity contribution is 4.88. The van der Waals surface area contributed by atoms with Crippen LogP contribution in [0, 0.1) is 0 Å². The van der Waals surface area contributed by atoms with Crippen LogP contribution in [-0.2, 0) is 0 Å². The van der Waals surface area contributed by atoms with Crippen molar-refractivity contribution in [1.29, 1.82) is 0 Å². The van der Waals surface area contributed by atoms with Crippen LogP contribution in [-0.4, -0.2) is 43.3 Å². The molecule has 0 aromatic carbocycles. The number of hydrogen-bond acceptors (Lipinski definition) is 2. The van der Waals surface area contributed by atoms with Crippen molar-refractivity contribution in [3.05, 3.63) is 0 Å². The van der Waals surface area contributed by atoms with E-state index in [2.05, 4.69) is 17.3 Å². The van der Waals surface area contributed by atoms with Crippen LogP contribution in [0.25, 0.3) is 0 Å². The van der Waals surface area contributed by atoms with Crippen LogP contribution in [0.2, 0.25) is 0 Å². The molecule has 2 aliphatic rings. The molecule has 0 aromatic rings. The van der Waals surface area contributed by atoms with Crippen molar-refractivity contribution in [2.75, 3.05) is 20.1 Å². The first-order valence-corrected chi connectivity index (χ1v) is 6.36. The van der Waals surface area contributed by atoms with Crippen LogP contribution in [0.15, 0.2) is 0 Å². The van der Waals surface area contributed by atoms with Gasteiger partial charge in [0.25, 0.3) is 0 Å². The highest BCUT2D eigenvalue weighted by Gasteiger charge is 2.32. The highest BCUT2D eigenvalue weighted by Crippen LogP contribution is 2.26. The minimum atomic E-state index is -0.675. The predicted molar refractivity (Wildman–Crippen MR) is 60.8 cm³/mol. The summed E-state index contributed by atoms with van der Waals surface area (Å²) in [7, 11) is 2.12. The Hall–Kier alpha value is -0.150. The Balaban J connectivity index is 1.89. The summed E-state index contributed by atoms with van der Waals surface area (Å²) in [6.07, 6.45) is 6.86. The summed E-state index contributed by atoms with van der Waals surface area (Å²) in [6.45, 7) is 1.52. The first-order valence-electron chi connectivity index (χ1n) is 6.36. The molecule has 2 atom stereocenters. The second kappa shape index (κ2) is 5.26. The lowest BCUT2D eigenvalue weighted by Crippen LogP contribution is -2.53. The van der Waals surface area contributed by atoms with Gasteiger partial charge in [-0.05, 0) is 32.9 Å². The molecule has 88 valence electrons. The number of alkyl halides is 1. The lowest BCUT2D eigenvalue weighted by molar-refractivity contribution is 0.0580. The van der Waals surface area contributed by atoms with E-state index >= 15 is 0 Å². The van der Waals surface area contributed by atoms with E-state index in [9.17, 15) is 4.39 Å². The van der Waals surface area contributed by atoms with Gasteiger partial charge in [0.2, 0.25) is 0 Å². The number of hydrogen-bond donors (Lipinski definition) is 1. The number of rotatable bonds is 2. The molecule has 0 spiro atoms. The molecule has 3 heteroatoms. The maximum Gasteiger partial charge on any atom is 0.128 e. The first kappa shape index (κ1) is 11.3. The largest absolute Gasteiger partial charge is 0.314 e. The van der Waals surface area contributed by atoms with Crippen LogP contribution in [0.5, 0.6) is 0 Å². The van der Waals surface area contributed by atoms with Gasteiger partial charge in [0.05, 0.1) is 0 Å². The van der Waals surface area contributed by atoms with Gasteiger partial charge in [0.1, 0.15) is 6.17 Å². The Morgan fingerprint density at radius 1 is 1.13 bits per heavy atom. The second-order valence-electron chi connectivity index (χ2n) is 5.03. The van der Waals surface area contributed by atoms with Gasteiger partial charge in [-0.1, -0.05) is 19.3 Å². The highest BCUT2D eigenvalue weighted by atomic mass is 19.1. The van der Waals surface area contributed by atoms with E-state index in [4.69, 9.17) is 0 Å². The minimum Gasteiger partial charge on any atom is -0.314 e. The van der Waals surface area contributed by atoms with E-state index in [1.54, 1.807) is 0 Å². The molecule has 0 radical (unpaired) electrons. The Morgan fingerprint density at radius 3 is 2.53 bits per heavy atom. The van der Waals surface area contributed by atoms with Crippen LogP contribution >= 0.6 is 0 Å². The summed E-state index contributed by atoms with van der Waals surface area (Å²) in [4.78, 5) is 2.32. The Bertz CT molecular complexity index is 192. The maximum atomic E-state index is 13.7. The monoisotopic (exact) mass is 214 g/mol. The zero-order valence-corrected chi connectivity index (χ0v) is 9.71. The van der Waals surface area contributed by atoms with Crippen molar-refractivity contribution < 1.29 is 4.39 Å². The van der Waals surface area contributed by atoms with Crippen LogP contribution in [0.3, 0.4) is 0 Å². The van der Waals surface area contributed by atoms with Gasteiger partial charge in [-0.25, -0.2) is 4.39 Å². The van der Waals surface area contributed by atoms with E-state index in [0.717, 1.165) is 13.0 Å². The van der Waals surface area contributed by atoms with E-state index in [0.29, 0.717) is 12.6 Å². The number of nitrogens with zero attached hydrogens (tertiary/aromatic N) is 1. The predicted octanol–water partition coefficient (Wildman–Crippen LogP) is 1.95. The normalized spacial score (nSPS) is 34.6. The van der Waals surface area contributed by atoms with Crippen molar-refractivity contribution >= 4 is 0 Å². The molecule has 1 aliphatic carbocycles. The molecule has 0 amide bonds. The second-order valence-corrected chi connectivity index (χ2v) is 5.03. The number of nitrogens with one attached hydrogen (secondary N) is 1. The third-order valence-electron chi connectivity index (χ3n) is 4.05. The fourth-order valence-corrected chi connectivity index (χ4v) is 3.02. The molecule has 1 saturated heterocycles. The summed E-state index contributed by atoms with van der Waals surface area (Å²) < 4.78 is 13.7. The van der Waals surface area contributed by atoms with Gasteiger partial charge >= 0.3 is 0 Å². The average Bonchev–Trinajstić information content (AvgIpc) is 2.30. The van der Waals surface area contributed by atoms with Crippen LogP contribution < -0.4 is 5.32 Å². The number of halogens is 1. The summed E-state index contributed by atoms with van der Waals surface area (Å²) in [5.41, 5.74) is 0. The van der Waals surface area contributed by atoms with E-state index in [1.165, 1.54) is 32.1 Å². The zero-order chi connectivity index (χ0) is 10.7. The van der Waals surface area contributed by atoms with Gasteiger partial charge in [0.15, 0.2) is 0 Å². The van der Waals surface area contributed by atoms with Crippen molar-refractivity contribution in [1.82, 2.24) is 10.2 Å². The fraction of sp³-hybridized carbons (Fsp3) is 1.00. The Kier molecular flexibility index (Phi) is 3.98. The molecular formula is C12H23FN2. The molecule has 1 aliphatic heterocycles. The van der Waals surface area contributed by atoms with E-state index in [-0.39, 0.29) is 6.04 Å². The number of piperidine rings is 1. The van der Waals surface area contributed by atoms with Gasteiger partial charge in [0, 0.05) is 18.6 Å². The molecule has 2 rings (SSSR count). The lowest BCUT2D eigenvalue weighted by Gasteiger charge is -2.40. The summed E-state index contributed by atoms with van der Waals surface area (Å²) in [6, 6.07) is 0.800. The molecular weight excluding hydrogens is 191 g/mol. The van der Waals surface area contributed by atoms with Crippen molar-refractivity contribution in [3.8, 4) is 0 Å². The third-order valence-corrected chi connectivity index (χ3v) is 4.05. The molecule has 2 fully saturated rings. The Morgan fingerprint density at radius 2 is 1.87 bits per heavy atom. The molecule has 2 unspecified atom stereocenters. The smallest absolute Gasteiger partial charge is 0.128 e. The standard InChI is InChI=1S/C12H23FN2/c1-15(10-5-3-2-4-6-10)12-7-8-14-9-11(12)13/h10-12,14H,2-9H2,1H3. The Labute approximate surface area is 92.2 Å². The summed E-state index contributed by atoms with van der Waals surface area (Å²) in [5.74, 6) is 0. The van der Waals surface area contributed by atoms with Gasteiger partial charge in [-0.15, -0.1) is 0 Å². The molecule has 0 bridgehead atoms. The molecule has 2 nitrogen and oxygen atoms in total. The van der Waals surface area contributed by atoms with Gasteiger partial charge < -0.3 is 5.32 Å². The molecule has 1 heterocycles. The van der Waals surface area contributed by atoms with Crippen molar-refractivity contribution in [3.63, 3.8) is 0 Å². The fourth-order valence-electron chi connectivity index (χ4n) is 3.02. The summed E-state index contributed by atoms with van der Waals surface area (Å²) >= 11 is 0. The van der Waals surface area contributed by atoms with E-state index < -0.39 is 6.17 Å². The van der Waals surface area contributed by atoms with Crippen LogP contribution in [0.4, 0.5) is 4.39 Å². The van der Waals surface area contributed by atoms with Gasteiger partial charge in [-0.3, -0.25) is 4.90 Å². The SMILES string of the molecule is CN(C1CCCCC1)C1CCNCC1F. The molecule has 1 saturated carbocycles. The van der Waals surface area contributed by atoms with Crippen molar-refractivity contribution in [2.45, 2.75) is 56.8 Å². The van der Waals surface area contributed by atoms with Crippen LogP contribution in [0.1, 0.15) is 38.5 Å². The molecule has 1 N–H and O–H groups in total. The van der Waals surface area contributed by atoms with Gasteiger partial charge in [-0.2, -0.15) is 0 Å². The first-order chi connectivity index (χ1) is 7.29. The third kappa shape index (κ3) is 2.70. The quantitative estimate of drug-likeness (QED) is 0.756. The minimum absolute atomic E-state index is 0.161.